The average Bonchev–Trinajstić information content (AvgIpc) is 2.28. The number of pyridine rings is 1. The number of hydrogen-bond donors (Lipinski definition) is 0. The van der Waals surface area contributed by atoms with Gasteiger partial charge in [0, 0.05) is 6.21 Å². The number of halogens is 1. The van der Waals surface area contributed by atoms with Crippen LogP contribution in [-0.4, -0.2) is 30.3 Å². The maximum Gasteiger partial charge on any atom is 0.330 e. The Hall–Kier alpha value is -1.23. The number of carbonyl (C=O) groups excluding carboxylic acids is 1. The quantitative estimate of drug-likeness (QED) is 0.487. The van der Waals surface area contributed by atoms with E-state index in [1.165, 1.54) is 7.11 Å². The van der Waals surface area contributed by atoms with Crippen LogP contribution in [0.3, 0.4) is 0 Å². The maximum atomic E-state index is 11.5. The fraction of sp³-hybridized carbons (Fsp3) is 0.417. The fourth-order valence-corrected chi connectivity index (χ4v) is 1.64. The van der Waals surface area contributed by atoms with Crippen molar-refractivity contribution in [3.8, 4) is 0 Å². The van der Waals surface area contributed by atoms with Crippen molar-refractivity contribution in [1.82, 2.24) is 4.98 Å². The first-order valence-corrected chi connectivity index (χ1v) is 6.07. The summed E-state index contributed by atoms with van der Waals surface area (Å²) in [6.07, 6.45) is 1.59. The summed E-state index contributed by atoms with van der Waals surface area (Å²) in [6.45, 7) is 3.85. The van der Waals surface area contributed by atoms with Crippen LogP contribution < -0.4 is 0 Å². The molecular formula is C12H15BrN2O2. The largest absolute Gasteiger partial charge is 0.467 e. The Bertz CT molecular complexity index is 419. The van der Waals surface area contributed by atoms with Crippen molar-refractivity contribution in [3.05, 3.63) is 28.5 Å². The van der Waals surface area contributed by atoms with E-state index in [9.17, 15) is 4.79 Å². The van der Waals surface area contributed by atoms with E-state index in [1.54, 1.807) is 6.21 Å². The molecule has 0 spiro atoms. The van der Waals surface area contributed by atoms with E-state index in [0.29, 0.717) is 5.69 Å². The van der Waals surface area contributed by atoms with Crippen LogP contribution in [0.15, 0.2) is 27.8 Å². The van der Waals surface area contributed by atoms with Crippen molar-refractivity contribution in [2.24, 2.45) is 10.9 Å². The zero-order valence-corrected chi connectivity index (χ0v) is 11.6. The topological polar surface area (TPSA) is 51.5 Å². The molecule has 5 heteroatoms. The second-order valence-electron chi connectivity index (χ2n) is 3.88. The summed E-state index contributed by atoms with van der Waals surface area (Å²) >= 11 is 3.28. The molecule has 0 aromatic carbocycles. The molecule has 17 heavy (non-hydrogen) atoms. The van der Waals surface area contributed by atoms with Crippen LogP contribution in [0.25, 0.3) is 0 Å². The molecule has 0 unspecified atom stereocenters. The van der Waals surface area contributed by atoms with Crippen LogP contribution in [0.2, 0.25) is 0 Å². The number of aliphatic imine (C=N–C) groups is 1. The lowest BCUT2D eigenvalue weighted by Gasteiger charge is -2.13. The Morgan fingerprint density at radius 3 is 2.76 bits per heavy atom. The molecule has 0 fully saturated rings. The molecule has 1 atom stereocenters. The zero-order valence-electron chi connectivity index (χ0n) is 10.1. The molecule has 1 aromatic rings. The van der Waals surface area contributed by atoms with Crippen molar-refractivity contribution < 1.29 is 9.53 Å². The van der Waals surface area contributed by atoms with Gasteiger partial charge >= 0.3 is 5.97 Å². The van der Waals surface area contributed by atoms with Crippen LogP contribution >= 0.6 is 15.9 Å². The summed E-state index contributed by atoms with van der Waals surface area (Å²) in [5.74, 6) is -0.239. The monoisotopic (exact) mass is 298 g/mol. The molecule has 1 heterocycles. The van der Waals surface area contributed by atoms with Gasteiger partial charge in [0.05, 0.1) is 12.8 Å². The van der Waals surface area contributed by atoms with Gasteiger partial charge in [-0.25, -0.2) is 9.78 Å². The Kier molecular flexibility index (Phi) is 5.28. The second-order valence-corrected chi connectivity index (χ2v) is 4.69. The number of nitrogens with zero attached hydrogens (tertiary/aromatic N) is 2. The van der Waals surface area contributed by atoms with Gasteiger partial charge in [0.1, 0.15) is 10.6 Å². The summed E-state index contributed by atoms with van der Waals surface area (Å²) in [4.78, 5) is 19.9. The first-order chi connectivity index (χ1) is 8.04. The van der Waals surface area contributed by atoms with Crippen LogP contribution in [0.1, 0.15) is 19.5 Å². The number of esters is 1. The van der Waals surface area contributed by atoms with Crippen molar-refractivity contribution in [3.63, 3.8) is 0 Å². The standard InChI is InChI=1S/C12H15BrN2O2/c1-8(2)11(12(16)17-3)14-7-9-5-4-6-10(13)15-9/h4-8,11H,1-3H3/t11-/m0/s1. The second kappa shape index (κ2) is 6.49. The van der Waals surface area contributed by atoms with Crippen LogP contribution in [0.5, 0.6) is 0 Å². The molecule has 0 bridgehead atoms. The van der Waals surface area contributed by atoms with E-state index in [-0.39, 0.29) is 11.9 Å². The summed E-state index contributed by atoms with van der Waals surface area (Å²) < 4.78 is 5.44. The smallest absolute Gasteiger partial charge is 0.330 e. The van der Waals surface area contributed by atoms with Gasteiger partial charge in [-0.05, 0) is 34.0 Å². The molecule has 92 valence electrons. The first kappa shape index (κ1) is 13.8. The van der Waals surface area contributed by atoms with E-state index in [0.717, 1.165) is 4.60 Å². The van der Waals surface area contributed by atoms with Crippen molar-refractivity contribution in [2.45, 2.75) is 19.9 Å². The Balaban J connectivity index is 2.83. The van der Waals surface area contributed by atoms with Crippen molar-refractivity contribution in [2.75, 3.05) is 7.11 Å². The highest BCUT2D eigenvalue weighted by molar-refractivity contribution is 9.10. The van der Waals surface area contributed by atoms with Crippen molar-refractivity contribution >= 4 is 28.1 Å². The fourth-order valence-electron chi connectivity index (χ4n) is 1.28. The molecule has 0 saturated carbocycles. The molecule has 0 N–H and O–H groups in total. The van der Waals surface area contributed by atoms with Crippen molar-refractivity contribution in [1.29, 1.82) is 0 Å². The molecule has 0 radical (unpaired) electrons. The van der Waals surface area contributed by atoms with Crippen LogP contribution in [-0.2, 0) is 9.53 Å². The van der Waals surface area contributed by atoms with Gasteiger partial charge in [-0.2, -0.15) is 0 Å². The Morgan fingerprint density at radius 2 is 2.24 bits per heavy atom. The summed E-state index contributed by atoms with van der Waals surface area (Å²) in [7, 11) is 1.37. The van der Waals surface area contributed by atoms with Gasteiger partial charge in [0.2, 0.25) is 0 Å². The molecular weight excluding hydrogens is 284 g/mol. The minimum Gasteiger partial charge on any atom is -0.467 e. The summed E-state index contributed by atoms with van der Waals surface area (Å²) in [5.41, 5.74) is 0.703. The molecule has 0 aliphatic heterocycles. The highest BCUT2D eigenvalue weighted by Crippen LogP contribution is 2.09. The van der Waals surface area contributed by atoms with Crippen LogP contribution in [0.4, 0.5) is 0 Å². The predicted molar refractivity (Wildman–Crippen MR) is 70.2 cm³/mol. The third-order valence-corrected chi connectivity index (χ3v) is 2.62. The number of carbonyl (C=O) groups is 1. The molecule has 1 rings (SSSR count). The molecule has 0 aliphatic rings. The number of hydrogen-bond acceptors (Lipinski definition) is 4. The Labute approximate surface area is 109 Å². The molecule has 0 amide bonds. The average molecular weight is 299 g/mol. The van der Waals surface area contributed by atoms with E-state index < -0.39 is 6.04 Å². The number of rotatable bonds is 4. The van der Waals surface area contributed by atoms with Gasteiger partial charge in [-0.15, -0.1) is 0 Å². The highest BCUT2D eigenvalue weighted by Gasteiger charge is 2.21. The third kappa shape index (κ3) is 4.26. The lowest BCUT2D eigenvalue weighted by molar-refractivity contribution is -0.143. The Morgan fingerprint density at radius 1 is 1.53 bits per heavy atom. The third-order valence-electron chi connectivity index (χ3n) is 2.18. The molecule has 0 saturated heterocycles. The van der Waals surface area contributed by atoms with E-state index in [2.05, 4.69) is 25.9 Å². The van der Waals surface area contributed by atoms with Gasteiger partial charge in [-0.1, -0.05) is 19.9 Å². The maximum absolute atomic E-state index is 11.5. The minimum absolute atomic E-state index is 0.0888. The van der Waals surface area contributed by atoms with Gasteiger partial charge in [0.15, 0.2) is 0 Å². The predicted octanol–water partition coefficient (Wildman–Crippen LogP) is 2.46. The van der Waals surface area contributed by atoms with E-state index in [4.69, 9.17) is 4.74 Å². The molecule has 0 aliphatic carbocycles. The number of aromatic nitrogens is 1. The summed E-state index contributed by atoms with van der Waals surface area (Å²) in [6, 6.07) is 5.03. The van der Waals surface area contributed by atoms with Gasteiger partial charge < -0.3 is 4.74 Å². The first-order valence-electron chi connectivity index (χ1n) is 5.28. The number of methoxy groups -OCH3 is 1. The SMILES string of the molecule is COC(=O)[C@@H](N=Cc1cccc(Br)n1)C(C)C. The number of ether oxygens (including phenoxy) is 1. The van der Waals surface area contributed by atoms with Gasteiger partial charge in [-0.3, -0.25) is 4.99 Å². The van der Waals surface area contributed by atoms with E-state index >= 15 is 0 Å². The minimum atomic E-state index is -0.485. The lowest BCUT2D eigenvalue weighted by Crippen LogP contribution is -2.26. The molecule has 4 nitrogen and oxygen atoms in total. The normalized spacial score (nSPS) is 13.0. The van der Waals surface area contributed by atoms with E-state index in [1.807, 2.05) is 32.0 Å². The van der Waals surface area contributed by atoms with Gasteiger partial charge in [0.25, 0.3) is 0 Å². The lowest BCUT2D eigenvalue weighted by atomic mass is 10.1. The molecule has 1 aromatic heterocycles. The summed E-state index contributed by atoms with van der Waals surface area (Å²) in [5, 5.41) is 0. The zero-order chi connectivity index (χ0) is 12.8. The van der Waals surface area contributed by atoms with Crippen LogP contribution in [0, 0.1) is 5.92 Å². The highest BCUT2D eigenvalue weighted by atomic mass is 79.9.